The summed E-state index contributed by atoms with van der Waals surface area (Å²) in [6, 6.07) is 17.1. The van der Waals surface area contributed by atoms with Crippen LogP contribution in [-0.2, 0) is 25.9 Å². The van der Waals surface area contributed by atoms with E-state index >= 15 is 0 Å². The second kappa shape index (κ2) is 9.31. The number of aryl methyl sites for hydroxylation is 1. The van der Waals surface area contributed by atoms with Crippen molar-refractivity contribution in [3.05, 3.63) is 65.7 Å². The number of benzene rings is 2. The lowest BCUT2D eigenvalue weighted by atomic mass is 9.83. The molecule has 1 fully saturated rings. The summed E-state index contributed by atoms with van der Waals surface area (Å²) >= 11 is 0. The average molecular weight is 430 g/mol. The Labute approximate surface area is 180 Å². The van der Waals surface area contributed by atoms with Gasteiger partial charge in [-0.05, 0) is 49.9 Å². The molecule has 1 aliphatic rings. The smallest absolute Gasteiger partial charge is 0.305 e. The highest BCUT2D eigenvalue weighted by Gasteiger charge is 2.51. The van der Waals surface area contributed by atoms with Crippen LogP contribution in [0, 0.1) is 12.8 Å². The maximum Gasteiger partial charge on any atom is 0.305 e. The van der Waals surface area contributed by atoms with E-state index in [-0.39, 0.29) is 18.3 Å². The fraction of sp³-hybridized carbons (Fsp3) is 0.458. The molecule has 1 saturated heterocycles. The van der Waals surface area contributed by atoms with E-state index < -0.39 is 14.6 Å². The molecule has 0 aliphatic carbocycles. The molecular weight excluding hydrogens is 398 g/mol. The molecule has 0 bridgehead atoms. The van der Waals surface area contributed by atoms with E-state index in [9.17, 15) is 13.2 Å². The van der Waals surface area contributed by atoms with Crippen molar-refractivity contribution in [1.29, 1.82) is 0 Å². The molecule has 0 radical (unpaired) electrons. The highest BCUT2D eigenvalue weighted by molar-refractivity contribution is 7.93. The Kier molecular flexibility index (Phi) is 6.98. The van der Waals surface area contributed by atoms with Crippen LogP contribution in [0.1, 0.15) is 37.3 Å². The van der Waals surface area contributed by atoms with Gasteiger partial charge in [0.05, 0.1) is 16.8 Å². The Balaban J connectivity index is 1.98. The molecule has 5 nitrogen and oxygen atoms in total. The van der Waals surface area contributed by atoms with Gasteiger partial charge >= 0.3 is 5.97 Å². The van der Waals surface area contributed by atoms with E-state index in [2.05, 4.69) is 17.0 Å². The minimum Gasteiger partial charge on any atom is -0.469 e. The SMILES string of the molecule is COC(=O)CC(C)[C@]1(S(=O)(=O)c2ccc(C)cc2)CCCN(Cc2ccccc2)C1. The van der Waals surface area contributed by atoms with Gasteiger partial charge in [0.1, 0.15) is 0 Å². The van der Waals surface area contributed by atoms with Crippen LogP contribution in [0.2, 0.25) is 0 Å². The van der Waals surface area contributed by atoms with Crippen LogP contribution in [-0.4, -0.2) is 44.2 Å². The van der Waals surface area contributed by atoms with E-state index in [0.29, 0.717) is 24.4 Å². The normalized spacial score (nSPS) is 21.2. The van der Waals surface area contributed by atoms with Gasteiger partial charge in [-0.3, -0.25) is 9.69 Å². The largest absolute Gasteiger partial charge is 0.469 e. The number of ether oxygens (including phenoxy) is 1. The predicted molar refractivity (Wildman–Crippen MR) is 118 cm³/mol. The molecule has 2 aromatic rings. The zero-order valence-corrected chi connectivity index (χ0v) is 18.8. The Hall–Kier alpha value is -2.18. The minimum absolute atomic E-state index is 0.0841. The molecule has 2 atom stereocenters. The van der Waals surface area contributed by atoms with Crippen LogP contribution >= 0.6 is 0 Å². The maximum absolute atomic E-state index is 14.0. The van der Waals surface area contributed by atoms with Crippen molar-refractivity contribution in [3.8, 4) is 0 Å². The lowest BCUT2D eigenvalue weighted by Crippen LogP contribution is -2.56. The summed E-state index contributed by atoms with van der Waals surface area (Å²) in [6.45, 7) is 5.74. The molecule has 6 heteroatoms. The Morgan fingerprint density at radius 3 is 2.43 bits per heavy atom. The van der Waals surface area contributed by atoms with E-state index in [4.69, 9.17) is 4.74 Å². The van der Waals surface area contributed by atoms with Crippen molar-refractivity contribution in [2.45, 2.75) is 49.3 Å². The molecule has 162 valence electrons. The molecule has 30 heavy (non-hydrogen) atoms. The van der Waals surface area contributed by atoms with E-state index in [0.717, 1.165) is 24.1 Å². The van der Waals surface area contributed by atoms with Gasteiger partial charge in [-0.25, -0.2) is 8.42 Å². The number of methoxy groups -OCH3 is 1. The van der Waals surface area contributed by atoms with Crippen LogP contribution in [0.5, 0.6) is 0 Å². The fourth-order valence-corrected chi connectivity index (χ4v) is 6.82. The summed E-state index contributed by atoms with van der Waals surface area (Å²) in [7, 11) is -2.32. The number of piperidine rings is 1. The summed E-state index contributed by atoms with van der Waals surface area (Å²) in [5.41, 5.74) is 2.17. The first kappa shape index (κ1) is 22.5. The van der Waals surface area contributed by atoms with Crippen molar-refractivity contribution in [2.75, 3.05) is 20.2 Å². The molecule has 3 rings (SSSR count). The lowest BCUT2D eigenvalue weighted by molar-refractivity contribution is -0.142. The van der Waals surface area contributed by atoms with Crippen LogP contribution in [0.4, 0.5) is 0 Å². The van der Waals surface area contributed by atoms with Gasteiger partial charge in [0, 0.05) is 19.5 Å². The number of hydrogen-bond donors (Lipinski definition) is 0. The topological polar surface area (TPSA) is 63.7 Å². The Morgan fingerprint density at radius 1 is 1.13 bits per heavy atom. The summed E-state index contributed by atoms with van der Waals surface area (Å²) in [5.74, 6) is -0.740. The quantitative estimate of drug-likeness (QED) is 0.623. The van der Waals surface area contributed by atoms with Gasteiger partial charge < -0.3 is 4.74 Å². The van der Waals surface area contributed by atoms with E-state index in [1.54, 1.807) is 12.1 Å². The third-order valence-electron chi connectivity index (χ3n) is 6.28. The Bertz CT molecular complexity index is 956. The zero-order valence-electron chi connectivity index (χ0n) is 18.0. The molecule has 0 N–H and O–H groups in total. The monoisotopic (exact) mass is 429 g/mol. The summed E-state index contributed by atoms with van der Waals surface area (Å²) < 4.78 is 31.7. The van der Waals surface area contributed by atoms with Crippen molar-refractivity contribution < 1.29 is 17.9 Å². The molecule has 0 spiro atoms. The van der Waals surface area contributed by atoms with Gasteiger partial charge in [-0.2, -0.15) is 0 Å². The molecule has 1 unspecified atom stereocenters. The predicted octanol–water partition coefficient (Wildman–Crippen LogP) is 4.00. The maximum atomic E-state index is 14.0. The van der Waals surface area contributed by atoms with Gasteiger partial charge in [0.2, 0.25) is 0 Å². The van der Waals surface area contributed by atoms with Gasteiger partial charge in [0.25, 0.3) is 0 Å². The number of carbonyl (C=O) groups excluding carboxylic acids is 1. The van der Waals surface area contributed by atoms with E-state index in [1.165, 1.54) is 7.11 Å². The highest BCUT2D eigenvalue weighted by Crippen LogP contribution is 2.42. The van der Waals surface area contributed by atoms with Gasteiger partial charge in [0.15, 0.2) is 9.84 Å². The number of hydrogen-bond acceptors (Lipinski definition) is 5. The summed E-state index contributed by atoms with van der Waals surface area (Å²) in [6.07, 6.45) is 1.39. The van der Waals surface area contributed by atoms with Crippen LogP contribution in [0.15, 0.2) is 59.5 Å². The number of sulfone groups is 1. The number of esters is 1. The molecule has 1 heterocycles. The number of rotatable bonds is 7. The molecule has 1 aliphatic heterocycles. The van der Waals surface area contributed by atoms with Crippen molar-refractivity contribution in [3.63, 3.8) is 0 Å². The number of nitrogens with zero attached hydrogens (tertiary/aromatic N) is 1. The first-order valence-corrected chi connectivity index (χ1v) is 11.9. The molecule has 0 amide bonds. The van der Waals surface area contributed by atoms with Crippen molar-refractivity contribution >= 4 is 15.8 Å². The second-order valence-corrected chi connectivity index (χ2v) is 10.7. The number of carbonyl (C=O) groups is 1. The first-order valence-electron chi connectivity index (χ1n) is 10.4. The molecule has 0 saturated carbocycles. The Morgan fingerprint density at radius 2 is 1.80 bits per heavy atom. The first-order chi connectivity index (χ1) is 14.3. The fourth-order valence-electron chi connectivity index (χ4n) is 4.47. The van der Waals surface area contributed by atoms with Crippen LogP contribution in [0.3, 0.4) is 0 Å². The third-order valence-corrected chi connectivity index (χ3v) is 8.98. The lowest BCUT2D eigenvalue weighted by Gasteiger charge is -2.45. The standard InChI is InChI=1S/C24H31NO4S/c1-19-10-12-22(13-11-19)30(27,28)24(20(2)16-23(26)29-3)14-7-15-25(18-24)17-21-8-5-4-6-9-21/h4-6,8-13,20H,7,14-18H2,1-3H3/t20?,24-/m0/s1. The van der Waals surface area contributed by atoms with Crippen molar-refractivity contribution in [1.82, 2.24) is 4.90 Å². The van der Waals surface area contributed by atoms with Gasteiger partial charge in [-0.15, -0.1) is 0 Å². The average Bonchev–Trinajstić information content (AvgIpc) is 2.74. The van der Waals surface area contributed by atoms with Crippen LogP contribution < -0.4 is 0 Å². The second-order valence-electron chi connectivity index (χ2n) is 8.36. The summed E-state index contributed by atoms with van der Waals surface area (Å²) in [4.78, 5) is 14.6. The zero-order chi connectivity index (χ0) is 21.8. The van der Waals surface area contributed by atoms with Crippen molar-refractivity contribution in [2.24, 2.45) is 5.92 Å². The van der Waals surface area contributed by atoms with Crippen LogP contribution in [0.25, 0.3) is 0 Å². The minimum atomic E-state index is -3.67. The summed E-state index contributed by atoms with van der Waals surface area (Å²) in [5, 5.41) is 0. The number of likely N-dealkylation sites (tertiary alicyclic amines) is 1. The third kappa shape index (κ3) is 4.60. The molecule has 2 aromatic carbocycles. The molecule has 0 aromatic heterocycles. The molecular formula is C24H31NO4S. The van der Waals surface area contributed by atoms with E-state index in [1.807, 2.05) is 44.2 Å². The van der Waals surface area contributed by atoms with Gasteiger partial charge in [-0.1, -0.05) is 55.0 Å². The highest BCUT2D eigenvalue weighted by atomic mass is 32.2.